The molecule has 0 aromatic heterocycles. The smallest absolute Gasteiger partial charge is 0.190 e. The van der Waals surface area contributed by atoms with Gasteiger partial charge < -0.3 is 4.90 Å². The van der Waals surface area contributed by atoms with Gasteiger partial charge in [-0.3, -0.25) is 9.69 Å². The molecule has 0 aliphatic carbocycles. The van der Waals surface area contributed by atoms with E-state index in [1.54, 1.807) is 0 Å². The molecule has 120 valence electrons. The third-order valence-corrected chi connectivity index (χ3v) is 5.82. The number of hydrogen-bond acceptors (Lipinski definition) is 5. The van der Waals surface area contributed by atoms with E-state index in [0.717, 1.165) is 47.5 Å². The van der Waals surface area contributed by atoms with E-state index in [4.69, 9.17) is 0 Å². The van der Waals surface area contributed by atoms with Gasteiger partial charge in [-0.05, 0) is 44.0 Å². The Morgan fingerprint density at radius 1 is 1.35 bits per heavy atom. The van der Waals surface area contributed by atoms with Crippen molar-refractivity contribution in [2.75, 3.05) is 31.6 Å². The number of anilines is 1. The lowest BCUT2D eigenvalue weighted by molar-refractivity contribution is -0.116. The second-order valence-electron chi connectivity index (χ2n) is 6.30. The molecule has 1 saturated heterocycles. The summed E-state index contributed by atoms with van der Waals surface area (Å²) >= 11 is 1.51. The molecule has 2 heterocycles. The summed E-state index contributed by atoms with van der Waals surface area (Å²) in [7, 11) is 1.92. The summed E-state index contributed by atoms with van der Waals surface area (Å²) < 4.78 is 0. The molecular formula is C18H21N3OS. The number of Topliss-reactive ketones (excluding diaryl/α,β-unsaturated/α-hetero) is 1. The fourth-order valence-electron chi connectivity index (χ4n) is 3.05. The standard InChI is InChI=1S/C18H21N3OS/c1-13-7-9-21(10-8-13)12-16(22)14(11-19)18-20(2)15-5-3-4-6-17(15)23-18/h3-6,13H,7-10,12H2,1-2H3/b18-14-. The summed E-state index contributed by atoms with van der Waals surface area (Å²) in [6, 6.07) is 10.1. The summed E-state index contributed by atoms with van der Waals surface area (Å²) in [4.78, 5) is 17.9. The number of benzene rings is 1. The van der Waals surface area contributed by atoms with Crippen LogP contribution in [0.5, 0.6) is 0 Å². The van der Waals surface area contributed by atoms with Crippen molar-refractivity contribution in [2.24, 2.45) is 5.92 Å². The molecule has 2 aliphatic rings. The molecule has 1 aromatic rings. The average Bonchev–Trinajstić information content (AvgIpc) is 2.88. The second-order valence-corrected chi connectivity index (χ2v) is 7.33. The molecule has 3 rings (SSSR count). The summed E-state index contributed by atoms with van der Waals surface area (Å²) in [6.07, 6.45) is 2.26. The van der Waals surface area contributed by atoms with Crippen LogP contribution in [0.4, 0.5) is 5.69 Å². The zero-order chi connectivity index (χ0) is 16.4. The molecular weight excluding hydrogens is 306 g/mol. The number of nitriles is 1. The number of likely N-dealkylation sites (tertiary alicyclic amines) is 1. The van der Waals surface area contributed by atoms with Gasteiger partial charge in [-0.25, -0.2) is 0 Å². The van der Waals surface area contributed by atoms with E-state index in [2.05, 4.69) is 17.9 Å². The van der Waals surface area contributed by atoms with Crippen molar-refractivity contribution in [3.63, 3.8) is 0 Å². The Hall–Kier alpha value is -1.77. The minimum absolute atomic E-state index is 0.0655. The number of carbonyl (C=O) groups is 1. The third kappa shape index (κ3) is 3.29. The molecule has 0 N–H and O–H groups in total. The van der Waals surface area contributed by atoms with Crippen LogP contribution >= 0.6 is 11.8 Å². The largest absolute Gasteiger partial charge is 0.337 e. The Morgan fingerprint density at radius 3 is 2.70 bits per heavy atom. The van der Waals surface area contributed by atoms with Crippen LogP contribution in [0.15, 0.2) is 39.8 Å². The van der Waals surface area contributed by atoms with Crippen LogP contribution in [0.25, 0.3) is 0 Å². The van der Waals surface area contributed by atoms with Gasteiger partial charge in [0.2, 0.25) is 0 Å². The molecule has 0 amide bonds. The zero-order valence-corrected chi connectivity index (χ0v) is 14.4. The van der Waals surface area contributed by atoms with Gasteiger partial charge in [-0.2, -0.15) is 5.26 Å². The first kappa shape index (κ1) is 16.1. The van der Waals surface area contributed by atoms with Gasteiger partial charge in [-0.15, -0.1) is 0 Å². The average molecular weight is 327 g/mol. The highest BCUT2D eigenvalue weighted by atomic mass is 32.2. The Bertz CT molecular complexity index is 684. The molecule has 23 heavy (non-hydrogen) atoms. The predicted octanol–water partition coefficient (Wildman–Crippen LogP) is 3.26. The normalized spacial score (nSPS) is 21.0. The van der Waals surface area contributed by atoms with E-state index in [9.17, 15) is 10.1 Å². The maximum absolute atomic E-state index is 12.6. The maximum Gasteiger partial charge on any atom is 0.190 e. The molecule has 0 unspecified atom stereocenters. The van der Waals surface area contributed by atoms with Crippen LogP contribution in [0.1, 0.15) is 19.8 Å². The Kier molecular flexibility index (Phi) is 4.74. The van der Waals surface area contributed by atoms with Crippen molar-refractivity contribution >= 4 is 23.2 Å². The second kappa shape index (κ2) is 6.77. The van der Waals surface area contributed by atoms with E-state index in [1.165, 1.54) is 11.8 Å². The number of nitrogens with zero attached hydrogens (tertiary/aromatic N) is 3. The fourth-order valence-corrected chi connectivity index (χ4v) is 4.21. The lowest BCUT2D eigenvalue weighted by Gasteiger charge is -2.29. The SMILES string of the molecule is CC1CCN(CC(=O)/C(C#N)=C2\Sc3ccccc3N2C)CC1. The minimum atomic E-state index is -0.0655. The van der Waals surface area contributed by atoms with Crippen LogP contribution in [0.3, 0.4) is 0 Å². The van der Waals surface area contributed by atoms with Gasteiger partial charge in [0.05, 0.1) is 12.2 Å². The first-order chi connectivity index (χ1) is 11.1. The highest BCUT2D eigenvalue weighted by molar-refractivity contribution is 8.03. The zero-order valence-electron chi connectivity index (χ0n) is 13.6. The van der Waals surface area contributed by atoms with E-state index < -0.39 is 0 Å². The van der Waals surface area contributed by atoms with Crippen LogP contribution in [-0.4, -0.2) is 37.4 Å². The molecule has 0 bridgehead atoms. The van der Waals surface area contributed by atoms with E-state index in [-0.39, 0.29) is 11.4 Å². The number of para-hydroxylation sites is 1. The molecule has 0 saturated carbocycles. The van der Waals surface area contributed by atoms with Gasteiger partial charge in [0, 0.05) is 11.9 Å². The van der Waals surface area contributed by atoms with Crippen molar-refractivity contribution < 1.29 is 4.79 Å². The Labute approximate surface area is 141 Å². The van der Waals surface area contributed by atoms with Gasteiger partial charge >= 0.3 is 0 Å². The molecule has 1 fully saturated rings. The highest BCUT2D eigenvalue weighted by Crippen LogP contribution is 2.46. The Balaban J connectivity index is 1.78. The van der Waals surface area contributed by atoms with Gasteiger partial charge in [0.15, 0.2) is 5.78 Å². The number of fused-ring (bicyclic) bond motifs is 1. The molecule has 0 radical (unpaired) electrons. The monoisotopic (exact) mass is 327 g/mol. The van der Waals surface area contributed by atoms with Crippen molar-refractivity contribution in [1.82, 2.24) is 4.90 Å². The van der Waals surface area contributed by atoms with Crippen molar-refractivity contribution in [1.29, 1.82) is 5.26 Å². The topological polar surface area (TPSA) is 47.3 Å². The quantitative estimate of drug-likeness (QED) is 0.630. The molecule has 2 aliphatic heterocycles. The van der Waals surface area contributed by atoms with E-state index in [1.807, 2.05) is 36.2 Å². The number of carbonyl (C=O) groups excluding carboxylic acids is 1. The minimum Gasteiger partial charge on any atom is -0.337 e. The van der Waals surface area contributed by atoms with Crippen LogP contribution in [-0.2, 0) is 4.79 Å². The number of rotatable bonds is 3. The molecule has 4 nitrogen and oxygen atoms in total. The van der Waals surface area contributed by atoms with Crippen molar-refractivity contribution in [3.8, 4) is 6.07 Å². The summed E-state index contributed by atoms with van der Waals surface area (Å²) in [5.74, 6) is 0.672. The molecule has 0 spiro atoms. The first-order valence-electron chi connectivity index (χ1n) is 8.00. The summed E-state index contributed by atoms with van der Waals surface area (Å²) in [5.41, 5.74) is 1.34. The van der Waals surface area contributed by atoms with Gasteiger partial charge in [0.1, 0.15) is 16.7 Å². The van der Waals surface area contributed by atoms with Crippen LogP contribution in [0, 0.1) is 17.2 Å². The van der Waals surface area contributed by atoms with Crippen molar-refractivity contribution in [3.05, 3.63) is 34.9 Å². The van der Waals surface area contributed by atoms with Gasteiger partial charge in [0.25, 0.3) is 0 Å². The fraction of sp³-hybridized carbons (Fsp3) is 0.444. The van der Waals surface area contributed by atoms with E-state index >= 15 is 0 Å². The maximum atomic E-state index is 12.6. The number of ketones is 1. The number of piperidine rings is 1. The van der Waals surface area contributed by atoms with E-state index in [0.29, 0.717) is 6.54 Å². The van der Waals surface area contributed by atoms with Crippen LogP contribution < -0.4 is 4.90 Å². The summed E-state index contributed by atoms with van der Waals surface area (Å²) in [5, 5.41) is 10.3. The third-order valence-electron chi connectivity index (χ3n) is 4.59. The molecule has 1 aromatic carbocycles. The molecule has 0 atom stereocenters. The van der Waals surface area contributed by atoms with Crippen molar-refractivity contribution in [2.45, 2.75) is 24.7 Å². The predicted molar refractivity (Wildman–Crippen MR) is 93.2 cm³/mol. The lowest BCUT2D eigenvalue weighted by Crippen LogP contribution is -2.37. The lowest BCUT2D eigenvalue weighted by atomic mass is 9.99. The first-order valence-corrected chi connectivity index (χ1v) is 8.82. The Morgan fingerprint density at radius 2 is 2.04 bits per heavy atom. The van der Waals surface area contributed by atoms with Gasteiger partial charge in [-0.1, -0.05) is 30.8 Å². The number of thioether (sulfide) groups is 1. The van der Waals surface area contributed by atoms with Crippen LogP contribution in [0.2, 0.25) is 0 Å². The molecule has 5 heteroatoms. The number of hydrogen-bond donors (Lipinski definition) is 0. The summed E-state index contributed by atoms with van der Waals surface area (Å²) in [6.45, 7) is 4.50. The highest BCUT2D eigenvalue weighted by Gasteiger charge is 2.29.